The average Bonchev–Trinajstić information content (AvgIpc) is 2.85. The molecular formula is C11H16N4O4S. The molecule has 1 rings (SSSR count). The van der Waals surface area contributed by atoms with E-state index in [0.717, 1.165) is 11.3 Å². The Morgan fingerprint density at radius 1 is 1.55 bits per heavy atom. The summed E-state index contributed by atoms with van der Waals surface area (Å²) in [5.74, 6) is -1.72. The van der Waals surface area contributed by atoms with E-state index in [9.17, 15) is 14.4 Å². The molecule has 1 aromatic heterocycles. The molecule has 0 fully saturated rings. The highest BCUT2D eigenvalue weighted by molar-refractivity contribution is 7.09. The van der Waals surface area contributed by atoms with Gasteiger partial charge in [0.05, 0.1) is 6.04 Å². The molecule has 1 aromatic rings. The molecule has 0 spiro atoms. The van der Waals surface area contributed by atoms with Gasteiger partial charge in [-0.05, 0) is 13.8 Å². The minimum atomic E-state index is -1.12. The number of rotatable bonds is 6. The summed E-state index contributed by atoms with van der Waals surface area (Å²) in [7, 11) is 0. The molecule has 0 aliphatic rings. The first-order valence-corrected chi connectivity index (χ1v) is 6.75. The number of hydrogen-bond donors (Lipinski definition) is 3. The second kappa shape index (κ2) is 6.85. The van der Waals surface area contributed by atoms with Crippen molar-refractivity contribution in [2.45, 2.75) is 19.9 Å². The molecule has 0 radical (unpaired) electrons. The number of nitrogens with one attached hydrogen (secondary N) is 1. The van der Waals surface area contributed by atoms with Gasteiger partial charge in [0.1, 0.15) is 11.6 Å². The van der Waals surface area contributed by atoms with Crippen LogP contribution in [0.3, 0.4) is 0 Å². The van der Waals surface area contributed by atoms with Gasteiger partial charge in [0, 0.05) is 11.9 Å². The molecule has 8 nitrogen and oxygen atoms in total. The van der Waals surface area contributed by atoms with Crippen LogP contribution in [0.1, 0.15) is 35.4 Å². The molecule has 1 unspecified atom stereocenters. The van der Waals surface area contributed by atoms with Crippen LogP contribution in [0, 0.1) is 0 Å². The van der Waals surface area contributed by atoms with Crippen LogP contribution in [-0.2, 0) is 4.79 Å². The summed E-state index contributed by atoms with van der Waals surface area (Å²) in [6, 6.07) is -0.909. The maximum Gasteiger partial charge on any atom is 0.355 e. The molecule has 1 heterocycles. The Labute approximate surface area is 119 Å². The van der Waals surface area contributed by atoms with Crippen LogP contribution in [0.5, 0.6) is 0 Å². The van der Waals surface area contributed by atoms with Gasteiger partial charge < -0.3 is 21.1 Å². The van der Waals surface area contributed by atoms with E-state index in [0.29, 0.717) is 11.6 Å². The van der Waals surface area contributed by atoms with Crippen LogP contribution in [0.15, 0.2) is 5.38 Å². The maximum absolute atomic E-state index is 11.9. The summed E-state index contributed by atoms with van der Waals surface area (Å²) < 4.78 is 0. The molecule has 0 bridgehead atoms. The number of hydrogen-bond acceptors (Lipinski definition) is 5. The highest BCUT2D eigenvalue weighted by atomic mass is 32.1. The standard InChI is InChI=1S/C11H16N4O4S/c1-3-15(4-8(12)16)11(19)13-6(2)9-14-7(5-20-9)10(17)18/h5-6H,3-4H2,1-2H3,(H2,12,16)(H,13,19)(H,17,18). The van der Waals surface area contributed by atoms with E-state index in [1.54, 1.807) is 13.8 Å². The number of likely N-dealkylation sites (N-methyl/N-ethyl adjacent to an activating group) is 1. The minimum Gasteiger partial charge on any atom is -0.476 e. The van der Waals surface area contributed by atoms with Crippen molar-refractivity contribution < 1.29 is 19.5 Å². The number of carbonyl (C=O) groups excluding carboxylic acids is 2. The summed E-state index contributed by atoms with van der Waals surface area (Å²) in [6.45, 7) is 3.56. The second-order valence-corrected chi connectivity index (χ2v) is 4.92. The SMILES string of the molecule is CCN(CC(N)=O)C(=O)NC(C)c1nc(C(=O)O)cs1. The zero-order valence-corrected chi connectivity index (χ0v) is 11.9. The van der Waals surface area contributed by atoms with Gasteiger partial charge in [-0.3, -0.25) is 4.79 Å². The third kappa shape index (κ3) is 4.19. The third-order valence-electron chi connectivity index (χ3n) is 2.47. The largest absolute Gasteiger partial charge is 0.476 e. The highest BCUT2D eigenvalue weighted by Gasteiger charge is 2.19. The molecule has 0 saturated heterocycles. The van der Waals surface area contributed by atoms with Crippen molar-refractivity contribution in [1.29, 1.82) is 0 Å². The number of thiazole rings is 1. The Morgan fingerprint density at radius 2 is 2.20 bits per heavy atom. The number of nitrogens with two attached hydrogens (primary N) is 1. The van der Waals surface area contributed by atoms with E-state index >= 15 is 0 Å². The molecule has 110 valence electrons. The Bertz CT molecular complexity index is 516. The fraction of sp³-hybridized carbons (Fsp3) is 0.455. The Hall–Kier alpha value is -2.16. The number of aromatic nitrogens is 1. The zero-order chi connectivity index (χ0) is 15.3. The molecular weight excluding hydrogens is 284 g/mol. The van der Waals surface area contributed by atoms with E-state index < -0.39 is 23.9 Å². The monoisotopic (exact) mass is 300 g/mol. The van der Waals surface area contributed by atoms with E-state index in [1.165, 1.54) is 10.3 Å². The first-order valence-electron chi connectivity index (χ1n) is 5.87. The molecule has 0 aromatic carbocycles. The lowest BCUT2D eigenvalue weighted by Crippen LogP contribution is -2.44. The number of carboxylic acids is 1. The normalized spacial score (nSPS) is 11.7. The van der Waals surface area contributed by atoms with Crippen LogP contribution in [-0.4, -0.2) is 46.0 Å². The smallest absolute Gasteiger partial charge is 0.355 e. The molecule has 20 heavy (non-hydrogen) atoms. The first kappa shape index (κ1) is 15.9. The summed E-state index contributed by atoms with van der Waals surface area (Å²) in [4.78, 5) is 38.6. The van der Waals surface area contributed by atoms with Crippen LogP contribution >= 0.6 is 11.3 Å². The lowest BCUT2D eigenvalue weighted by Gasteiger charge is -2.21. The summed E-state index contributed by atoms with van der Waals surface area (Å²) in [6.07, 6.45) is 0. The topological polar surface area (TPSA) is 126 Å². The van der Waals surface area contributed by atoms with Crippen molar-refractivity contribution in [3.63, 3.8) is 0 Å². The molecule has 9 heteroatoms. The minimum absolute atomic E-state index is 0.0596. The molecule has 1 atom stereocenters. The van der Waals surface area contributed by atoms with Crippen molar-refractivity contribution in [2.75, 3.05) is 13.1 Å². The van der Waals surface area contributed by atoms with E-state index in [2.05, 4.69) is 10.3 Å². The van der Waals surface area contributed by atoms with Crippen LogP contribution < -0.4 is 11.1 Å². The summed E-state index contributed by atoms with van der Waals surface area (Å²) in [5.41, 5.74) is 4.99. The lowest BCUT2D eigenvalue weighted by atomic mass is 10.3. The molecule has 4 N–H and O–H groups in total. The predicted octanol–water partition coefficient (Wildman–Crippen LogP) is 0.419. The number of amides is 3. The Balaban J connectivity index is 2.68. The van der Waals surface area contributed by atoms with Crippen molar-refractivity contribution in [2.24, 2.45) is 5.73 Å². The fourth-order valence-corrected chi connectivity index (χ4v) is 2.24. The zero-order valence-electron chi connectivity index (χ0n) is 11.1. The molecule has 3 amide bonds. The lowest BCUT2D eigenvalue weighted by molar-refractivity contribution is -0.118. The number of urea groups is 1. The van der Waals surface area contributed by atoms with E-state index in [-0.39, 0.29) is 12.2 Å². The van der Waals surface area contributed by atoms with Crippen molar-refractivity contribution in [3.05, 3.63) is 16.1 Å². The molecule has 0 aliphatic heterocycles. The fourth-order valence-electron chi connectivity index (χ4n) is 1.44. The maximum atomic E-state index is 11.9. The summed E-state index contributed by atoms with van der Waals surface area (Å²) >= 11 is 1.14. The second-order valence-electron chi connectivity index (χ2n) is 4.03. The van der Waals surface area contributed by atoms with Crippen molar-refractivity contribution >= 4 is 29.2 Å². The summed E-state index contributed by atoms with van der Waals surface area (Å²) in [5, 5.41) is 13.3. The van der Waals surface area contributed by atoms with Gasteiger partial charge >= 0.3 is 12.0 Å². The molecule has 0 saturated carbocycles. The van der Waals surface area contributed by atoms with Gasteiger partial charge in [-0.1, -0.05) is 0 Å². The van der Waals surface area contributed by atoms with Gasteiger partial charge in [0.2, 0.25) is 5.91 Å². The van der Waals surface area contributed by atoms with Crippen molar-refractivity contribution in [3.8, 4) is 0 Å². The van der Waals surface area contributed by atoms with Crippen molar-refractivity contribution in [1.82, 2.24) is 15.2 Å². The number of carbonyl (C=O) groups is 3. The van der Waals surface area contributed by atoms with Gasteiger partial charge in [0.25, 0.3) is 0 Å². The van der Waals surface area contributed by atoms with Crippen LogP contribution in [0.2, 0.25) is 0 Å². The van der Waals surface area contributed by atoms with Gasteiger partial charge in [-0.15, -0.1) is 11.3 Å². The van der Waals surface area contributed by atoms with Crippen LogP contribution in [0.4, 0.5) is 4.79 Å². The Kier molecular flexibility index (Phi) is 5.44. The van der Waals surface area contributed by atoms with E-state index in [1.807, 2.05) is 0 Å². The predicted molar refractivity (Wildman–Crippen MR) is 72.5 cm³/mol. The third-order valence-corrected chi connectivity index (χ3v) is 3.49. The number of aromatic carboxylic acids is 1. The quantitative estimate of drug-likeness (QED) is 0.702. The average molecular weight is 300 g/mol. The van der Waals surface area contributed by atoms with Gasteiger partial charge in [-0.25, -0.2) is 14.6 Å². The van der Waals surface area contributed by atoms with Gasteiger partial charge in [0.15, 0.2) is 5.69 Å². The highest BCUT2D eigenvalue weighted by Crippen LogP contribution is 2.18. The number of primary amides is 1. The van der Waals surface area contributed by atoms with Crippen LogP contribution in [0.25, 0.3) is 0 Å². The number of nitrogens with zero attached hydrogens (tertiary/aromatic N) is 2. The first-order chi connectivity index (χ1) is 9.35. The van der Waals surface area contributed by atoms with E-state index in [4.69, 9.17) is 10.8 Å². The Morgan fingerprint density at radius 3 is 2.65 bits per heavy atom. The van der Waals surface area contributed by atoms with Gasteiger partial charge in [-0.2, -0.15) is 0 Å². The number of carboxylic acid groups (broad SMARTS) is 1. The molecule has 0 aliphatic carbocycles.